The van der Waals surface area contributed by atoms with E-state index in [1.165, 1.54) is 0 Å². The molecule has 7 heavy (non-hydrogen) atoms. The standard InChI is InChI=1S/Ca.6HI/h;6*1H/q+2;;;;;;/p-6. The minimum Gasteiger partial charge on any atom is -1.00 e. The van der Waals surface area contributed by atoms with E-state index in [1.54, 1.807) is 0 Å². The molecule has 0 radical (unpaired) electrons. The molecular weight excluding hydrogens is 802 g/mol. The summed E-state index contributed by atoms with van der Waals surface area (Å²) in [6, 6.07) is 0. The predicted octanol–water partition coefficient (Wildman–Crippen LogP) is -18.4. The van der Waals surface area contributed by atoms with Crippen molar-refractivity contribution in [1.82, 2.24) is 0 Å². The summed E-state index contributed by atoms with van der Waals surface area (Å²) < 4.78 is 0. The Labute approximate surface area is 176 Å². The van der Waals surface area contributed by atoms with E-state index < -0.39 is 0 Å². The Hall–Kier alpha value is 5.64. The SMILES string of the molecule is [Ca+2].[I-].[I-].[I-].[I-].[I-].[I-]. The van der Waals surface area contributed by atoms with Crippen molar-refractivity contribution < 1.29 is 144 Å². The predicted molar refractivity (Wildman–Crippen MR) is 5.75 cm³/mol. The normalized spacial score (nSPS) is 0. The van der Waals surface area contributed by atoms with Crippen LogP contribution in [0.4, 0.5) is 0 Å². The maximum atomic E-state index is 0. The average Bonchev–Trinajstić information content (AvgIpc) is 0. The summed E-state index contributed by atoms with van der Waals surface area (Å²) in [5, 5.41) is 0. The van der Waals surface area contributed by atoms with Crippen LogP contribution in [0.1, 0.15) is 0 Å². The molecule has 0 amide bonds. The van der Waals surface area contributed by atoms with Crippen molar-refractivity contribution in [2.24, 2.45) is 0 Å². The largest absolute Gasteiger partial charge is 2.00 e. The van der Waals surface area contributed by atoms with Crippen LogP contribution in [0.2, 0.25) is 0 Å². The van der Waals surface area contributed by atoms with Crippen LogP contribution >= 0.6 is 0 Å². The second-order valence-electron chi connectivity index (χ2n) is 0. The van der Waals surface area contributed by atoms with Gasteiger partial charge in [-0.25, -0.2) is 0 Å². The molecule has 0 saturated heterocycles. The summed E-state index contributed by atoms with van der Waals surface area (Å²) >= 11 is 0. The van der Waals surface area contributed by atoms with Crippen molar-refractivity contribution >= 4 is 37.7 Å². The molecule has 0 unspecified atom stereocenters. The Balaban J connectivity index is 0. The molecule has 0 bridgehead atoms. The van der Waals surface area contributed by atoms with Gasteiger partial charge in [-0.15, -0.1) is 0 Å². The Morgan fingerprint density at radius 3 is 0.286 bits per heavy atom. The van der Waals surface area contributed by atoms with E-state index in [1.807, 2.05) is 0 Å². The molecule has 0 aliphatic heterocycles. The van der Waals surface area contributed by atoms with Gasteiger partial charge in [-0.2, -0.15) is 0 Å². The van der Waals surface area contributed by atoms with Gasteiger partial charge in [0, 0.05) is 0 Å². The average molecular weight is 802 g/mol. The molecule has 0 aromatic carbocycles. The fourth-order valence-corrected chi connectivity index (χ4v) is 0. The molecule has 0 aromatic heterocycles. The minimum atomic E-state index is 0. The van der Waals surface area contributed by atoms with Crippen molar-refractivity contribution in [3.05, 3.63) is 0 Å². The van der Waals surface area contributed by atoms with Gasteiger partial charge in [0.1, 0.15) is 0 Å². The van der Waals surface area contributed by atoms with Crippen molar-refractivity contribution in [2.45, 2.75) is 0 Å². The van der Waals surface area contributed by atoms with Crippen molar-refractivity contribution in [3.63, 3.8) is 0 Å². The van der Waals surface area contributed by atoms with E-state index in [9.17, 15) is 0 Å². The number of rotatable bonds is 0. The van der Waals surface area contributed by atoms with Crippen molar-refractivity contribution in [2.75, 3.05) is 0 Å². The summed E-state index contributed by atoms with van der Waals surface area (Å²) in [6.07, 6.45) is 0. The van der Waals surface area contributed by atoms with Gasteiger partial charge < -0.3 is 144 Å². The van der Waals surface area contributed by atoms with Crippen LogP contribution in [0.5, 0.6) is 0 Å². The third-order valence-electron chi connectivity index (χ3n) is 0. The summed E-state index contributed by atoms with van der Waals surface area (Å²) in [5.74, 6) is 0. The second-order valence-corrected chi connectivity index (χ2v) is 0. The van der Waals surface area contributed by atoms with Crippen LogP contribution in [-0.4, -0.2) is 37.7 Å². The van der Waals surface area contributed by atoms with Crippen LogP contribution in [0.3, 0.4) is 0 Å². The monoisotopic (exact) mass is 801 g/mol. The Morgan fingerprint density at radius 1 is 0.286 bits per heavy atom. The Morgan fingerprint density at radius 2 is 0.286 bits per heavy atom. The van der Waals surface area contributed by atoms with Crippen LogP contribution in [-0.2, 0) is 0 Å². The Kier molecular flexibility index (Phi) is 319. The van der Waals surface area contributed by atoms with Crippen LogP contribution < -0.4 is 144 Å². The van der Waals surface area contributed by atoms with Crippen molar-refractivity contribution in [3.8, 4) is 0 Å². The van der Waals surface area contributed by atoms with E-state index in [0.717, 1.165) is 0 Å². The molecule has 0 atom stereocenters. The third-order valence-corrected chi connectivity index (χ3v) is 0. The number of hydrogen-bond donors (Lipinski definition) is 0. The van der Waals surface area contributed by atoms with Crippen LogP contribution in [0, 0.1) is 0 Å². The molecule has 0 saturated carbocycles. The molecule has 0 rings (SSSR count). The van der Waals surface area contributed by atoms with Gasteiger partial charge >= 0.3 is 37.7 Å². The number of halogens is 6. The molecule has 0 fully saturated rings. The van der Waals surface area contributed by atoms with Gasteiger partial charge in [-0.05, 0) is 0 Å². The zero-order valence-corrected chi connectivity index (χ0v) is 18.1. The quantitative estimate of drug-likeness (QED) is 0.169. The molecule has 0 aliphatic rings. The molecule has 0 nitrogen and oxygen atoms in total. The van der Waals surface area contributed by atoms with Crippen molar-refractivity contribution in [1.29, 1.82) is 0 Å². The zero-order chi connectivity index (χ0) is 0. The summed E-state index contributed by atoms with van der Waals surface area (Å²) in [4.78, 5) is 0. The van der Waals surface area contributed by atoms with Gasteiger partial charge in [0.05, 0.1) is 0 Å². The fourth-order valence-electron chi connectivity index (χ4n) is 0. The number of hydrogen-bond acceptors (Lipinski definition) is 0. The first-order valence-corrected chi connectivity index (χ1v) is 0. The summed E-state index contributed by atoms with van der Waals surface area (Å²) in [7, 11) is 0. The molecule has 0 heterocycles. The van der Waals surface area contributed by atoms with E-state index in [-0.39, 0.29) is 182 Å². The zero-order valence-electron chi connectivity index (χ0n) is 2.97. The van der Waals surface area contributed by atoms with E-state index in [4.69, 9.17) is 0 Å². The second kappa shape index (κ2) is 41.4. The third kappa shape index (κ3) is 34.0. The molecule has 0 aliphatic carbocycles. The Bertz CT molecular complexity index is 4.14. The van der Waals surface area contributed by atoms with Gasteiger partial charge in [0.2, 0.25) is 0 Å². The van der Waals surface area contributed by atoms with Gasteiger partial charge in [0.15, 0.2) is 0 Å². The van der Waals surface area contributed by atoms with Crippen LogP contribution in [0.25, 0.3) is 0 Å². The van der Waals surface area contributed by atoms with Gasteiger partial charge in [-0.1, -0.05) is 0 Å². The van der Waals surface area contributed by atoms with E-state index in [2.05, 4.69) is 0 Å². The maximum Gasteiger partial charge on any atom is 2.00 e. The minimum absolute atomic E-state index is 0. The van der Waals surface area contributed by atoms with E-state index >= 15 is 0 Å². The first-order chi connectivity index (χ1) is 0. The smallest absolute Gasteiger partial charge is 1.00 e. The molecular formula is CaI6-4. The molecule has 0 spiro atoms. The first-order valence-electron chi connectivity index (χ1n) is 0. The molecule has 0 N–H and O–H groups in total. The van der Waals surface area contributed by atoms with Gasteiger partial charge in [0.25, 0.3) is 0 Å². The molecule has 7 heteroatoms. The molecule has 48 valence electrons. The molecule has 0 aromatic rings. The maximum absolute atomic E-state index is 0. The van der Waals surface area contributed by atoms with Gasteiger partial charge in [-0.3, -0.25) is 0 Å². The van der Waals surface area contributed by atoms with E-state index in [0.29, 0.717) is 0 Å². The summed E-state index contributed by atoms with van der Waals surface area (Å²) in [6.45, 7) is 0. The van der Waals surface area contributed by atoms with Crippen LogP contribution in [0.15, 0.2) is 0 Å². The fraction of sp³-hybridized carbons (Fsp3) is 0. The topological polar surface area (TPSA) is 0 Å². The first kappa shape index (κ1) is 53.8. The summed E-state index contributed by atoms with van der Waals surface area (Å²) in [5.41, 5.74) is 0.